The number of ether oxygens (including phenoxy) is 5. The predicted molar refractivity (Wildman–Crippen MR) is 212 cm³/mol. The Kier molecular flexibility index (Phi) is 18.7. The molecular formula is C43H67N3O8. The number of unbranched alkanes of at least 4 members (excludes halogenated alkanes) is 11. The molecule has 302 valence electrons. The number of nitrogens with zero attached hydrogens (tertiary/aromatic N) is 3. The molecule has 11 nitrogen and oxygen atoms in total. The quantitative estimate of drug-likeness (QED) is 0.105. The van der Waals surface area contributed by atoms with Crippen LogP contribution in [0, 0.1) is 0 Å². The summed E-state index contributed by atoms with van der Waals surface area (Å²) in [5, 5.41) is 10.3. The molecule has 11 heteroatoms. The maximum Gasteiger partial charge on any atom is 0.254 e. The summed E-state index contributed by atoms with van der Waals surface area (Å²) in [4.78, 5) is 32.9. The fourth-order valence-corrected chi connectivity index (χ4v) is 7.96. The number of methoxy groups -OCH3 is 5. The lowest BCUT2D eigenvalue weighted by Crippen LogP contribution is -2.46. The van der Waals surface area contributed by atoms with E-state index < -0.39 is 6.10 Å². The van der Waals surface area contributed by atoms with E-state index in [1.807, 2.05) is 6.07 Å². The number of benzene rings is 2. The molecule has 4 rings (SSSR count). The number of Topliss-reactive ketones (excluding diaryl/α,β-unsaturated/α-hetero) is 1. The van der Waals surface area contributed by atoms with E-state index in [0.29, 0.717) is 47.8 Å². The molecule has 1 amide bonds. The number of rotatable bonds is 25. The number of ketones is 1. The molecule has 0 bridgehead atoms. The molecule has 2 aromatic rings. The van der Waals surface area contributed by atoms with Gasteiger partial charge in [-0.15, -0.1) is 0 Å². The van der Waals surface area contributed by atoms with Crippen LogP contribution in [0.5, 0.6) is 28.7 Å². The van der Waals surface area contributed by atoms with Gasteiger partial charge in [0.25, 0.3) is 5.91 Å². The fraction of sp³-hybridized carbons (Fsp3) is 0.674. The van der Waals surface area contributed by atoms with Gasteiger partial charge >= 0.3 is 0 Å². The second-order valence-electron chi connectivity index (χ2n) is 14.9. The minimum absolute atomic E-state index is 0.172. The molecule has 0 radical (unpaired) electrons. The van der Waals surface area contributed by atoms with Crippen molar-refractivity contribution >= 4 is 11.7 Å². The molecule has 54 heavy (non-hydrogen) atoms. The van der Waals surface area contributed by atoms with E-state index in [4.69, 9.17) is 23.7 Å². The number of aliphatic hydroxyl groups excluding tert-OH is 1. The molecule has 0 aliphatic carbocycles. The van der Waals surface area contributed by atoms with Crippen molar-refractivity contribution in [3.63, 3.8) is 0 Å². The van der Waals surface area contributed by atoms with Crippen LogP contribution in [-0.4, -0.2) is 118 Å². The van der Waals surface area contributed by atoms with Gasteiger partial charge in [0, 0.05) is 69.3 Å². The molecule has 2 aliphatic rings. The Balaban J connectivity index is 0.966. The smallest absolute Gasteiger partial charge is 0.254 e. The predicted octanol–water partition coefficient (Wildman–Crippen LogP) is 7.15. The normalized spacial score (nSPS) is 17.8. The Morgan fingerprint density at radius 3 is 1.80 bits per heavy atom. The average molecular weight is 754 g/mol. The summed E-state index contributed by atoms with van der Waals surface area (Å²) in [5.41, 5.74) is 1.59. The molecule has 2 heterocycles. The first kappa shape index (κ1) is 43.2. The van der Waals surface area contributed by atoms with Gasteiger partial charge in [0.2, 0.25) is 5.75 Å². The Labute approximate surface area is 324 Å². The SMILES string of the molecule is COc1ccc(C(=O)N2CC(O)CC2CC(=O)CCCCCCCCCCCCCCN2CCN(Cc3ccc(OC)c(OC)c3OC)CC2)cc1OC. The molecule has 2 saturated heterocycles. The number of amides is 1. The topological polar surface area (TPSA) is 110 Å². The van der Waals surface area contributed by atoms with E-state index in [9.17, 15) is 14.7 Å². The van der Waals surface area contributed by atoms with E-state index in [2.05, 4.69) is 15.9 Å². The fourth-order valence-electron chi connectivity index (χ4n) is 7.96. The summed E-state index contributed by atoms with van der Waals surface area (Å²) in [6, 6.07) is 8.81. The largest absolute Gasteiger partial charge is 0.493 e. The highest BCUT2D eigenvalue weighted by Gasteiger charge is 2.36. The first-order valence-electron chi connectivity index (χ1n) is 20.3. The molecule has 0 saturated carbocycles. The molecule has 1 N–H and O–H groups in total. The van der Waals surface area contributed by atoms with Crippen LogP contribution in [0.3, 0.4) is 0 Å². The number of carbonyl (C=O) groups excluding carboxylic acids is 2. The Morgan fingerprint density at radius 1 is 0.648 bits per heavy atom. The highest BCUT2D eigenvalue weighted by Crippen LogP contribution is 2.40. The van der Waals surface area contributed by atoms with Gasteiger partial charge in [0.05, 0.1) is 41.7 Å². The number of hydrogen-bond donors (Lipinski definition) is 1. The molecule has 2 fully saturated rings. The second-order valence-corrected chi connectivity index (χ2v) is 14.9. The van der Waals surface area contributed by atoms with Crippen molar-refractivity contribution in [1.82, 2.24) is 14.7 Å². The minimum atomic E-state index is -0.612. The van der Waals surface area contributed by atoms with Crippen LogP contribution >= 0.6 is 0 Å². The van der Waals surface area contributed by atoms with Crippen molar-refractivity contribution in [3.05, 3.63) is 41.5 Å². The van der Waals surface area contributed by atoms with Gasteiger partial charge in [-0.1, -0.05) is 70.3 Å². The molecule has 2 atom stereocenters. The lowest BCUT2D eigenvalue weighted by Gasteiger charge is -2.35. The summed E-state index contributed by atoms with van der Waals surface area (Å²) in [6.45, 7) is 6.63. The Hall–Kier alpha value is -3.54. The highest BCUT2D eigenvalue weighted by atomic mass is 16.5. The van der Waals surface area contributed by atoms with Crippen LogP contribution in [0.2, 0.25) is 0 Å². The van der Waals surface area contributed by atoms with Gasteiger partial charge in [0.15, 0.2) is 23.0 Å². The van der Waals surface area contributed by atoms with Gasteiger partial charge in [0.1, 0.15) is 5.78 Å². The zero-order chi connectivity index (χ0) is 38.7. The summed E-state index contributed by atoms with van der Waals surface area (Å²) in [7, 11) is 8.07. The summed E-state index contributed by atoms with van der Waals surface area (Å²) >= 11 is 0. The lowest BCUT2D eigenvalue weighted by molar-refractivity contribution is -0.120. The molecule has 2 aliphatic heterocycles. The van der Waals surface area contributed by atoms with Gasteiger partial charge in [-0.05, 0) is 50.1 Å². The van der Waals surface area contributed by atoms with E-state index in [1.54, 1.807) is 51.5 Å². The zero-order valence-corrected chi connectivity index (χ0v) is 33.7. The van der Waals surface area contributed by atoms with Crippen molar-refractivity contribution in [2.75, 3.05) is 74.8 Å². The average Bonchev–Trinajstić information content (AvgIpc) is 3.56. The number of carbonyl (C=O) groups is 2. The number of β-amino-alcohol motifs (C(OH)–C–C–N with tert-alkyl or cyclic N) is 1. The standard InChI is InChI=1S/C43H67N3O8/c1-50-38-21-19-33(28-40(38)52-3)43(49)46-32-37(48)30-35(46)29-36(47)18-16-14-12-10-8-6-7-9-11-13-15-17-23-44-24-26-45(27-25-44)31-34-20-22-39(51-2)42(54-5)41(34)53-4/h19-22,28,35,37,48H,6-18,23-27,29-32H2,1-5H3. The Morgan fingerprint density at radius 2 is 1.20 bits per heavy atom. The van der Waals surface area contributed by atoms with Crippen molar-refractivity contribution < 1.29 is 38.4 Å². The maximum absolute atomic E-state index is 13.3. The van der Waals surface area contributed by atoms with Gasteiger partial charge < -0.3 is 38.6 Å². The zero-order valence-electron chi connectivity index (χ0n) is 33.7. The van der Waals surface area contributed by atoms with Crippen LogP contribution in [0.25, 0.3) is 0 Å². The van der Waals surface area contributed by atoms with E-state index in [-0.39, 0.29) is 24.3 Å². The third-order valence-electron chi connectivity index (χ3n) is 11.1. The Bertz CT molecular complexity index is 1430. The summed E-state index contributed by atoms with van der Waals surface area (Å²) < 4.78 is 27.3. The number of piperazine rings is 1. The molecular weight excluding hydrogens is 686 g/mol. The number of aliphatic hydroxyl groups is 1. The van der Waals surface area contributed by atoms with Gasteiger partial charge in [-0.2, -0.15) is 0 Å². The van der Waals surface area contributed by atoms with Crippen molar-refractivity contribution in [3.8, 4) is 28.7 Å². The van der Waals surface area contributed by atoms with Crippen LogP contribution < -0.4 is 23.7 Å². The van der Waals surface area contributed by atoms with E-state index >= 15 is 0 Å². The maximum atomic E-state index is 13.3. The van der Waals surface area contributed by atoms with E-state index in [1.165, 1.54) is 71.4 Å². The van der Waals surface area contributed by atoms with Crippen molar-refractivity contribution in [2.24, 2.45) is 0 Å². The molecule has 0 spiro atoms. The second kappa shape index (κ2) is 23.4. The number of hydrogen-bond acceptors (Lipinski definition) is 10. The first-order valence-corrected chi connectivity index (χ1v) is 20.3. The van der Waals surface area contributed by atoms with E-state index in [0.717, 1.165) is 63.3 Å². The monoisotopic (exact) mass is 753 g/mol. The van der Waals surface area contributed by atoms with Gasteiger partial charge in [-0.25, -0.2) is 0 Å². The third-order valence-corrected chi connectivity index (χ3v) is 11.1. The molecule has 0 aromatic heterocycles. The minimum Gasteiger partial charge on any atom is -0.493 e. The molecule has 2 aromatic carbocycles. The summed E-state index contributed by atoms with van der Waals surface area (Å²) in [6.07, 6.45) is 15.5. The van der Waals surface area contributed by atoms with Crippen LogP contribution in [0.1, 0.15) is 112 Å². The lowest BCUT2D eigenvalue weighted by atomic mass is 10.0. The van der Waals surface area contributed by atoms with Crippen molar-refractivity contribution in [2.45, 2.75) is 115 Å². The van der Waals surface area contributed by atoms with Crippen molar-refractivity contribution in [1.29, 1.82) is 0 Å². The molecule has 2 unspecified atom stereocenters. The van der Waals surface area contributed by atoms with Crippen LogP contribution in [0.4, 0.5) is 0 Å². The first-order chi connectivity index (χ1) is 26.3. The van der Waals surface area contributed by atoms with Crippen LogP contribution in [0.15, 0.2) is 30.3 Å². The highest BCUT2D eigenvalue weighted by molar-refractivity contribution is 5.95. The van der Waals surface area contributed by atoms with Crippen LogP contribution in [-0.2, 0) is 11.3 Å². The summed E-state index contributed by atoms with van der Waals surface area (Å²) in [5.74, 6) is 3.11. The van der Waals surface area contributed by atoms with Gasteiger partial charge in [-0.3, -0.25) is 14.5 Å². The third kappa shape index (κ3) is 13.0. The number of likely N-dealkylation sites (tertiary alicyclic amines) is 1.